The molecule has 0 aliphatic carbocycles. The number of hydrogen-bond donors (Lipinski definition) is 1. The third-order valence-corrected chi connectivity index (χ3v) is 5.27. The zero-order chi connectivity index (χ0) is 20.6. The van der Waals surface area contributed by atoms with Crippen LogP contribution in [0.1, 0.15) is 22.3 Å². The molecule has 0 saturated carbocycles. The lowest BCUT2D eigenvalue weighted by atomic mass is 10.1. The van der Waals surface area contributed by atoms with Crippen LogP contribution in [0.2, 0.25) is 10.0 Å². The normalized spacial score (nSPS) is 10.8. The number of nitrogens with one attached hydrogen (secondary N) is 1. The lowest BCUT2D eigenvalue weighted by Crippen LogP contribution is -2.17. The highest BCUT2D eigenvalue weighted by Gasteiger charge is 2.11. The molecule has 3 rings (SSSR count). The number of methoxy groups -OCH3 is 1. The van der Waals surface area contributed by atoms with Gasteiger partial charge in [0.15, 0.2) is 11.5 Å². The fourth-order valence-corrected chi connectivity index (χ4v) is 3.54. The maximum Gasteiger partial charge on any atom is 0.166 e. The number of rotatable bonds is 9. The van der Waals surface area contributed by atoms with Crippen LogP contribution in [-0.4, -0.2) is 13.7 Å². The van der Waals surface area contributed by atoms with Crippen LogP contribution in [-0.2, 0) is 19.6 Å². The largest absolute Gasteiger partial charge is 0.493 e. The van der Waals surface area contributed by atoms with Gasteiger partial charge < -0.3 is 14.8 Å². The van der Waals surface area contributed by atoms with Crippen LogP contribution in [0, 0.1) is 6.92 Å². The number of ether oxygens (including phenoxy) is 2. The molecule has 152 valence electrons. The molecule has 1 N–H and O–H groups in total. The van der Waals surface area contributed by atoms with E-state index in [1.165, 1.54) is 5.56 Å². The molecule has 0 heterocycles. The summed E-state index contributed by atoms with van der Waals surface area (Å²) in [4.78, 5) is 0. The molecule has 0 spiro atoms. The Balaban J connectivity index is 1.61. The van der Waals surface area contributed by atoms with Crippen molar-refractivity contribution < 1.29 is 9.47 Å². The lowest BCUT2D eigenvalue weighted by Gasteiger charge is -2.16. The van der Waals surface area contributed by atoms with Crippen LogP contribution in [0.4, 0.5) is 0 Å². The molecule has 0 bridgehead atoms. The zero-order valence-corrected chi connectivity index (χ0v) is 18.2. The Morgan fingerprint density at radius 2 is 1.72 bits per heavy atom. The Morgan fingerprint density at radius 1 is 0.931 bits per heavy atom. The van der Waals surface area contributed by atoms with E-state index in [-0.39, 0.29) is 0 Å². The predicted molar refractivity (Wildman–Crippen MR) is 120 cm³/mol. The van der Waals surface area contributed by atoms with Crippen molar-refractivity contribution in [1.29, 1.82) is 0 Å². The second-order valence-corrected chi connectivity index (χ2v) is 7.73. The van der Waals surface area contributed by atoms with Gasteiger partial charge in [0.2, 0.25) is 0 Å². The van der Waals surface area contributed by atoms with Gasteiger partial charge in [-0.15, -0.1) is 0 Å². The van der Waals surface area contributed by atoms with Crippen molar-refractivity contribution in [3.8, 4) is 11.5 Å². The van der Waals surface area contributed by atoms with E-state index in [2.05, 4.69) is 42.6 Å². The highest BCUT2D eigenvalue weighted by molar-refractivity contribution is 6.35. The minimum absolute atomic E-state index is 0.494. The number of aryl methyl sites for hydroxylation is 1. The van der Waals surface area contributed by atoms with Gasteiger partial charge >= 0.3 is 0 Å². The van der Waals surface area contributed by atoms with Gasteiger partial charge in [-0.25, -0.2) is 0 Å². The molecule has 0 aliphatic heterocycles. The van der Waals surface area contributed by atoms with Gasteiger partial charge in [0.25, 0.3) is 0 Å². The molecule has 0 unspecified atom stereocenters. The number of halogens is 2. The second-order valence-electron chi connectivity index (χ2n) is 6.89. The third kappa shape index (κ3) is 6.14. The summed E-state index contributed by atoms with van der Waals surface area (Å²) in [7, 11) is 1.66. The van der Waals surface area contributed by atoms with Crippen LogP contribution in [0.25, 0.3) is 0 Å². The van der Waals surface area contributed by atoms with E-state index in [0.29, 0.717) is 23.2 Å². The highest BCUT2D eigenvalue weighted by atomic mass is 35.5. The molecule has 3 nitrogen and oxygen atoms in total. The minimum Gasteiger partial charge on any atom is -0.493 e. The van der Waals surface area contributed by atoms with E-state index in [1.807, 2.05) is 24.3 Å². The molecule has 5 heteroatoms. The van der Waals surface area contributed by atoms with Crippen molar-refractivity contribution >= 4 is 23.2 Å². The Hall–Kier alpha value is -2.20. The molecule has 0 atom stereocenters. The van der Waals surface area contributed by atoms with E-state index >= 15 is 0 Å². The molecule has 3 aromatic rings. The smallest absolute Gasteiger partial charge is 0.166 e. The van der Waals surface area contributed by atoms with Gasteiger partial charge in [0.1, 0.15) is 6.61 Å². The van der Waals surface area contributed by atoms with Crippen molar-refractivity contribution in [2.24, 2.45) is 0 Å². The third-order valence-electron chi connectivity index (χ3n) is 4.69. The predicted octanol–water partition coefficient (Wildman–Crippen LogP) is 6.22. The maximum absolute atomic E-state index is 6.25. The van der Waals surface area contributed by atoms with E-state index in [0.717, 1.165) is 41.2 Å². The minimum atomic E-state index is 0.494. The summed E-state index contributed by atoms with van der Waals surface area (Å²) in [5, 5.41) is 4.81. The molecule has 0 aliphatic rings. The summed E-state index contributed by atoms with van der Waals surface area (Å²) < 4.78 is 11.6. The van der Waals surface area contributed by atoms with Crippen molar-refractivity contribution in [3.63, 3.8) is 0 Å². The van der Waals surface area contributed by atoms with Crippen LogP contribution >= 0.6 is 23.2 Å². The van der Waals surface area contributed by atoms with E-state index in [4.69, 9.17) is 32.7 Å². The van der Waals surface area contributed by atoms with Crippen LogP contribution in [0.5, 0.6) is 11.5 Å². The van der Waals surface area contributed by atoms with Gasteiger partial charge in [-0.3, -0.25) is 0 Å². The first-order chi connectivity index (χ1) is 14.1. The average molecular weight is 430 g/mol. The monoisotopic (exact) mass is 429 g/mol. The van der Waals surface area contributed by atoms with Gasteiger partial charge in [-0.05, 0) is 49.2 Å². The Labute approximate surface area is 182 Å². The molecular weight excluding hydrogens is 405 g/mol. The molecule has 0 fully saturated rings. The van der Waals surface area contributed by atoms with Crippen LogP contribution in [0.15, 0.2) is 60.7 Å². The Kier molecular flexibility index (Phi) is 7.82. The topological polar surface area (TPSA) is 30.5 Å². The summed E-state index contributed by atoms with van der Waals surface area (Å²) in [6, 6.07) is 19.9. The quantitative estimate of drug-likeness (QED) is 0.409. The van der Waals surface area contributed by atoms with E-state index in [9.17, 15) is 0 Å². The molecule has 0 saturated heterocycles. The van der Waals surface area contributed by atoms with Gasteiger partial charge in [-0.1, -0.05) is 71.2 Å². The number of para-hydroxylation sites is 1. The molecule has 0 radical (unpaired) electrons. The zero-order valence-electron chi connectivity index (χ0n) is 16.7. The van der Waals surface area contributed by atoms with Crippen LogP contribution < -0.4 is 14.8 Å². The summed E-state index contributed by atoms with van der Waals surface area (Å²) in [6.45, 7) is 4.03. The summed E-state index contributed by atoms with van der Waals surface area (Å²) >= 11 is 12.2. The first kappa shape index (κ1) is 21.5. The standard InChI is InChI=1S/C24H25Cl2NO2/c1-17-6-8-18(9-7-17)16-29-24-20(4-3-5-23(24)28-2)15-27-13-12-19-10-11-21(25)14-22(19)26/h3-11,14,27H,12-13,15-16H2,1-2H3. The number of hydrogen-bond acceptors (Lipinski definition) is 3. The molecule has 29 heavy (non-hydrogen) atoms. The average Bonchev–Trinajstić information content (AvgIpc) is 2.72. The summed E-state index contributed by atoms with van der Waals surface area (Å²) in [5.41, 5.74) is 4.48. The molecule has 0 amide bonds. The van der Waals surface area contributed by atoms with E-state index in [1.54, 1.807) is 13.2 Å². The van der Waals surface area contributed by atoms with Gasteiger partial charge in [0, 0.05) is 22.2 Å². The summed E-state index contributed by atoms with van der Waals surface area (Å²) in [6.07, 6.45) is 0.819. The van der Waals surface area contributed by atoms with Crippen molar-refractivity contribution in [2.75, 3.05) is 13.7 Å². The SMILES string of the molecule is COc1cccc(CNCCc2ccc(Cl)cc2Cl)c1OCc1ccc(C)cc1. The summed E-state index contributed by atoms with van der Waals surface area (Å²) in [5.74, 6) is 1.50. The van der Waals surface area contributed by atoms with Gasteiger partial charge in [0.05, 0.1) is 7.11 Å². The van der Waals surface area contributed by atoms with E-state index < -0.39 is 0 Å². The number of benzene rings is 3. The lowest BCUT2D eigenvalue weighted by molar-refractivity contribution is 0.280. The second kappa shape index (κ2) is 10.5. The first-order valence-corrected chi connectivity index (χ1v) is 10.3. The molecule has 3 aromatic carbocycles. The van der Waals surface area contributed by atoms with Crippen molar-refractivity contribution in [3.05, 3.63) is 93.0 Å². The fourth-order valence-electron chi connectivity index (χ4n) is 3.04. The Bertz CT molecular complexity index is 942. The molecular formula is C24H25Cl2NO2. The fraction of sp³-hybridized carbons (Fsp3) is 0.250. The highest BCUT2D eigenvalue weighted by Crippen LogP contribution is 2.32. The first-order valence-electron chi connectivity index (χ1n) is 9.55. The van der Waals surface area contributed by atoms with Crippen molar-refractivity contribution in [1.82, 2.24) is 5.32 Å². The Morgan fingerprint density at radius 3 is 2.45 bits per heavy atom. The maximum atomic E-state index is 6.25. The van der Waals surface area contributed by atoms with Gasteiger partial charge in [-0.2, -0.15) is 0 Å². The van der Waals surface area contributed by atoms with Crippen molar-refractivity contribution in [2.45, 2.75) is 26.5 Å². The van der Waals surface area contributed by atoms with Crippen LogP contribution in [0.3, 0.4) is 0 Å². The molecule has 0 aromatic heterocycles.